The first-order valence-electron chi connectivity index (χ1n) is 2.03. The summed E-state index contributed by atoms with van der Waals surface area (Å²) >= 11 is 8.90. The fourth-order valence-corrected chi connectivity index (χ4v) is 1.78. The lowest BCUT2D eigenvalue weighted by molar-refractivity contribution is 1.24. The molecule has 0 atom stereocenters. The monoisotopic (exact) mass is 209 g/mol. The van der Waals surface area contributed by atoms with Crippen LogP contribution in [0.5, 0.6) is 0 Å². The van der Waals surface area contributed by atoms with Crippen LogP contribution in [0, 0.1) is 0 Å². The Balaban J connectivity index is 2.84. The highest BCUT2D eigenvalue weighted by molar-refractivity contribution is 9.10. The SMILES string of the molecule is SCc1nc(Br)cs1. The van der Waals surface area contributed by atoms with Gasteiger partial charge in [0.2, 0.25) is 0 Å². The first-order chi connectivity index (χ1) is 3.83. The summed E-state index contributed by atoms with van der Waals surface area (Å²) < 4.78 is 0.909. The number of halogens is 1. The van der Waals surface area contributed by atoms with Crippen molar-refractivity contribution in [2.24, 2.45) is 0 Å². The van der Waals surface area contributed by atoms with Crippen LogP contribution in [-0.4, -0.2) is 4.98 Å². The fraction of sp³-hybridized carbons (Fsp3) is 0.250. The van der Waals surface area contributed by atoms with E-state index in [-0.39, 0.29) is 0 Å². The van der Waals surface area contributed by atoms with Gasteiger partial charge in [0.25, 0.3) is 0 Å². The number of rotatable bonds is 1. The van der Waals surface area contributed by atoms with Gasteiger partial charge in [-0.2, -0.15) is 12.6 Å². The molecule has 1 rings (SSSR count). The number of aromatic nitrogens is 1. The third-order valence-electron chi connectivity index (χ3n) is 0.659. The molecule has 1 aromatic heterocycles. The van der Waals surface area contributed by atoms with Gasteiger partial charge >= 0.3 is 0 Å². The maximum atomic E-state index is 4.09. The summed E-state index contributed by atoms with van der Waals surface area (Å²) in [5.41, 5.74) is 0. The van der Waals surface area contributed by atoms with Crippen molar-refractivity contribution in [1.82, 2.24) is 4.98 Å². The smallest absolute Gasteiger partial charge is 0.117 e. The first kappa shape index (κ1) is 6.58. The maximum absolute atomic E-state index is 4.09. The fourth-order valence-electron chi connectivity index (χ4n) is 0.361. The molecule has 0 bridgehead atoms. The second-order valence-corrected chi connectivity index (χ2v) is 3.29. The van der Waals surface area contributed by atoms with Crippen molar-refractivity contribution in [3.05, 3.63) is 15.0 Å². The van der Waals surface area contributed by atoms with Crippen molar-refractivity contribution in [3.63, 3.8) is 0 Å². The Labute approximate surface area is 65.7 Å². The van der Waals surface area contributed by atoms with E-state index in [4.69, 9.17) is 0 Å². The minimum Gasteiger partial charge on any atom is -0.233 e. The Morgan fingerprint density at radius 3 is 2.88 bits per heavy atom. The molecular weight excluding hydrogens is 206 g/mol. The van der Waals surface area contributed by atoms with Gasteiger partial charge in [0.15, 0.2) is 0 Å². The molecule has 0 aliphatic rings. The van der Waals surface area contributed by atoms with Crippen molar-refractivity contribution in [1.29, 1.82) is 0 Å². The van der Waals surface area contributed by atoms with E-state index in [9.17, 15) is 0 Å². The Morgan fingerprint density at radius 2 is 2.62 bits per heavy atom. The van der Waals surface area contributed by atoms with Crippen LogP contribution in [0.25, 0.3) is 0 Å². The number of hydrogen-bond donors (Lipinski definition) is 1. The van der Waals surface area contributed by atoms with Crippen LogP contribution < -0.4 is 0 Å². The zero-order chi connectivity index (χ0) is 5.98. The van der Waals surface area contributed by atoms with Gasteiger partial charge in [-0.1, -0.05) is 0 Å². The van der Waals surface area contributed by atoms with Crippen molar-refractivity contribution in [2.75, 3.05) is 0 Å². The molecule has 0 radical (unpaired) electrons. The highest BCUT2D eigenvalue weighted by atomic mass is 79.9. The zero-order valence-electron chi connectivity index (χ0n) is 3.97. The molecule has 0 aliphatic carbocycles. The van der Waals surface area contributed by atoms with Gasteiger partial charge in [0.1, 0.15) is 9.61 Å². The number of hydrogen-bond acceptors (Lipinski definition) is 3. The van der Waals surface area contributed by atoms with Gasteiger partial charge in [-0.3, -0.25) is 0 Å². The van der Waals surface area contributed by atoms with E-state index in [2.05, 4.69) is 33.5 Å². The predicted octanol–water partition coefficient (Wildman–Crippen LogP) is 2.34. The molecule has 0 saturated heterocycles. The molecule has 4 heteroatoms. The van der Waals surface area contributed by atoms with Crippen LogP contribution >= 0.6 is 39.9 Å². The Kier molecular flexibility index (Phi) is 2.34. The van der Waals surface area contributed by atoms with Crippen molar-refractivity contribution < 1.29 is 0 Å². The van der Waals surface area contributed by atoms with Crippen LogP contribution in [0.3, 0.4) is 0 Å². The molecule has 0 aromatic carbocycles. The standard InChI is InChI=1S/C4H4BrNS2/c5-3-2-8-4(1-7)6-3/h2,7H,1H2. The first-order valence-corrected chi connectivity index (χ1v) is 4.34. The molecular formula is C4H4BrNS2. The normalized spacial score (nSPS) is 9.75. The largest absolute Gasteiger partial charge is 0.233 e. The lowest BCUT2D eigenvalue weighted by Crippen LogP contribution is -1.70. The van der Waals surface area contributed by atoms with Crippen LogP contribution in [0.4, 0.5) is 0 Å². The van der Waals surface area contributed by atoms with Gasteiger partial charge < -0.3 is 0 Å². The lowest BCUT2D eigenvalue weighted by atomic mass is 10.8. The summed E-state index contributed by atoms with van der Waals surface area (Å²) in [5.74, 6) is 0.732. The number of thiazole rings is 1. The predicted molar refractivity (Wildman–Crippen MR) is 42.5 cm³/mol. The van der Waals surface area contributed by atoms with Crippen LogP contribution in [0.1, 0.15) is 5.01 Å². The van der Waals surface area contributed by atoms with Gasteiger partial charge in [-0.15, -0.1) is 11.3 Å². The van der Waals surface area contributed by atoms with Gasteiger partial charge in [0.05, 0.1) is 0 Å². The third kappa shape index (κ3) is 1.47. The molecule has 1 heterocycles. The molecule has 1 nitrogen and oxygen atoms in total. The molecule has 0 unspecified atom stereocenters. The zero-order valence-corrected chi connectivity index (χ0v) is 7.26. The van der Waals surface area contributed by atoms with E-state index in [1.807, 2.05) is 5.38 Å². The summed E-state index contributed by atoms with van der Waals surface area (Å²) in [6, 6.07) is 0. The second-order valence-electron chi connectivity index (χ2n) is 1.22. The number of thiol groups is 1. The summed E-state index contributed by atoms with van der Waals surface area (Å²) in [6.07, 6.45) is 0. The van der Waals surface area contributed by atoms with E-state index in [0.717, 1.165) is 15.4 Å². The van der Waals surface area contributed by atoms with E-state index >= 15 is 0 Å². The minimum absolute atomic E-state index is 0.732. The van der Waals surface area contributed by atoms with E-state index < -0.39 is 0 Å². The van der Waals surface area contributed by atoms with Crippen LogP contribution in [-0.2, 0) is 5.75 Å². The van der Waals surface area contributed by atoms with E-state index in [1.165, 1.54) is 0 Å². The quantitative estimate of drug-likeness (QED) is 0.702. The molecule has 44 valence electrons. The summed E-state index contributed by atoms with van der Waals surface area (Å²) in [4.78, 5) is 4.09. The minimum atomic E-state index is 0.732. The van der Waals surface area contributed by atoms with Crippen molar-refractivity contribution >= 4 is 39.9 Å². The summed E-state index contributed by atoms with van der Waals surface area (Å²) in [5, 5.41) is 3.01. The van der Waals surface area contributed by atoms with Crippen molar-refractivity contribution in [2.45, 2.75) is 5.75 Å². The molecule has 0 fully saturated rings. The average Bonchev–Trinajstić information content (AvgIpc) is 2.14. The highest BCUT2D eigenvalue weighted by Crippen LogP contribution is 2.15. The molecule has 0 saturated carbocycles. The maximum Gasteiger partial charge on any atom is 0.117 e. The lowest BCUT2D eigenvalue weighted by Gasteiger charge is -1.78. The summed E-state index contributed by atoms with van der Waals surface area (Å²) in [7, 11) is 0. The Bertz CT molecular complexity index is 174. The molecule has 0 N–H and O–H groups in total. The molecule has 1 aromatic rings. The van der Waals surface area contributed by atoms with Crippen LogP contribution in [0.2, 0.25) is 0 Å². The Hall–Kier alpha value is 0.460. The van der Waals surface area contributed by atoms with Gasteiger partial charge in [-0.25, -0.2) is 4.98 Å². The number of nitrogens with zero attached hydrogens (tertiary/aromatic N) is 1. The second kappa shape index (κ2) is 2.85. The molecule has 0 spiro atoms. The molecule has 0 amide bonds. The third-order valence-corrected chi connectivity index (χ3v) is 2.73. The van der Waals surface area contributed by atoms with E-state index in [1.54, 1.807) is 11.3 Å². The molecule has 0 aliphatic heterocycles. The van der Waals surface area contributed by atoms with Gasteiger partial charge in [-0.05, 0) is 15.9 Å². The van der Waals surface area contributed by atoms with Crippen molar-refractivity contribution in [3.8, 4) is 0 Å². The molecule has 8 heavy (non-hydrogen) atoms. The Morgan fingerprint density at radius 1 is 1.88 bits per heavy atom. The highest BCUT2D eigenvalue weighted by Gasteiger charge is 1.93. The van der Waals surface area contributed by atoms with Crippen LogP contribution in [0.15, 0.2) is 9.98 Å². The topological polar surface area (TPSA) is 12.9 Å². The summed E-state index contributed by atoms with van der Waals surface area (Å²) in [6.45, 7) is 0. The van der Waals surface area contributed by atoms with E-state index in [0.29, 0.717) is 0 Å². The van der Waals surface area contributed by atoms with Gasteiger partial charge in [0, 0.05) is 11.1 Å². The average molecular weight is 210 g/mol.